The Kier molecular flexibility index (Phi) is 7.49. The fraction of sp³-hybridized carbons (Fsp3) is 0.280. The first-order valence-electron chi connectivity index (χ1n) is 10.5. The first-order valence-corrected chi connectivity index (χ1v) is 10.5. The van der Waals surface area contributed by atoms with Gasteiger partial charge < -0.3 is 5.11 Å². The van der Waals surface area contributed by atoms with Crippen molar-refractivity contribution in [2.75, 3.05) is 0 Å². The molecule has 0 saturated heterocycles. The molecule has 31 heavy (non-hydrogen) atoms. The lowest BCUT2D eigenvalue weighted by atomic mass is 9.98. The van der Waals surface area contributed by atoms with Crippen molar-refractivity contribution in [3.8, 4) is 11.1 Å². The van der Waals surface area contributed by atoms with Gasteiger partial charge in [-0.2, -0.15) is 0 Å². The van der Waals surface area contributed by atoms with Crippen molar-refractivity contribution in [2.45, 2.75) is 46.1 Å². The molecule has 1 N–H and O–H groups in total. The predicted molar refractivity (Wildman–Crippen MR) is 120 cm³/mol. The maximum absolute atomic E-state index is 12.4. The Balaban J connectivity index is 1.84. The van der Waals surface area contributed by atoms with Crippen molar-refractivity contribution in [1.82, 2.24) is 14.8 Å². The van der Waals surface area contributed by atoms with E-state index in [2.05, 4.69) is 17.0 Å². The third kappa shape index (κ3) is 5.54. The quantitative estimate of drug-likeness (QED) is 0.363. The van der Waals surface area contributed by atoms with Crippen molar-refractivity contribution < 1.29 is 14.7 Å². The van der Waals surface area contributed by atoms with Gasteiger partial charge in [-0.25, -0.2) is 14.5 Å². The van der Waals surface area contributed by atoms with E-state index in [-0.39, 0.29) is 17.2 Å². The van der Waals surface area contributed by atoms with Crippen LogP contribution in [0.2, 0.25) is 0 Å². The van der Waals surface area contributed by atoms with Gasteiger partial charge in [-0.05, 0) is 36.1 Å². The predicted octanol–water partition coefficient (Wildman–Crippen LogP) is 5.18. The summed E-state index contributed by atoms with van der Waals surface area (Å²) in [5, 5.41) is 13.9. The van der Waals surface area contributed by atoms with Gasteiger partial charge in [0.25, 0.3) is 0 Å². The first-order chi connectivity index (χ1) is 15.0. The summed E-state index contributed by atoms with van der Waals surface area (Å²) in [6, 6.07) is 14.7. The largest absolute Gasteiger partial charge is 0.478 e. The highest BCUT2D eigenvalue weighted by Gasteiger charge is 2.16. The highest BCUT2D eigenvalue weighted by Crippen LogP contribution is 2.24. The summed E-state index contributed by atoms with van der Waals surface area (Å²) in [4.78, 5) is 28.4. The highest BCUT2D eigenvalue weighted by atomic mass is 16.4. The molecule has 0 unspecified atom stereocenters. The third-order valence-electron chi connectivity index (χ3n) is 5.05. The van der Waals surface area contributed by atoms with Crippen molar-refractivity contribution >= 4 is 11.8 Å². The van der Waals surface area contributed by atoms with E-state index in [0.29, 0.717) is 24.9 Å². The van der Waals surface area contributed by atoms with Crippen LogP contribution in [0.15, 0.2) is 60.7 Å². The van der Waals surface area contributed by atoms with Gasteiger partial charge in [0, 0.05) is 12.8 Å². The lowest BCUT2D eigenvalue weighted by molar-refractivity contribution is 0.0697. The number of hydrogen-bond donors (Lipinski definition) is 1. The van der Waals surface area contributed by atoms with Crippen LogP contribution in [0.25, 0.3) is 11.1 Å². The molecule has 0 atom stereocenters. The number of carboxylic acids is 1. The summed E-state index contributed by atoms with van der Waals surface area (Å²) >= 11 is 0. The SMILES string of the molecule is CC=CCn1nc(C(=O)CCCC)nc1Cc1ccc(-c2ccccc2C(=O)O)cc1. The molecule has 1 aromatic heterocycles. The Labute approximate surface area is 182 Å². The van der Waals surface area contributed by atoms with Crippen molar-refractivity contribution in [3.63, 3.8) is 0 Å². The molecule has 6 heteroatoms. The Morgan fingerprint density at radius 2 is 1.84 bits per heavy atom. The van der Waals surface area contributed by atoms with Gasteiger partial charge in [0.1, 0.15) is 5.82 Å². The average molecular weight is 418 g/mol. The molecule has 0 aliphatic rings. The number of nitrogens with zero attached hydrogens (tertiary/aromatic N) is 3. The molecule has 160 valence electrons. The van der Waals surface area contributed by atoms with Crippen LogP contribution in [0.4, 0.5) is 0 Å². The lowest BCUT2D eigenvalue weighted by Gasteiger charge is -2.08. The number of hydrogen-bond acceptors (Lipinski definition) is 4. The number of ketones is 1. The van der Waals surface area contributed by atoms with Crippen LogP contribution in [-0.2, 0) is 13.0 Å². The summed E-state index contributed by atoms with van der Waals surface area (Å²) in [5.41, 5.74) is 2.81. The van der Waals surface area contributed by atoms with Crippen LogP contribution in [0.5, 0.6) is 0 Å². The summed E-state index contributed by atoms with van der Waals surface area (Å²) < 4.78 is 1.77. The van der Waals surface area contributed by atoms with E-state index < -0.39 is 5.97 Å². The number of Topliss-reactive ketones (excluding diaryl/α,β-unsaturated/α-hetero) is 1. The second kappa shape index (κ2) is 10.5. The molecule has 3 rings (SSSR count). The van der Waals surface area contributed by atoms with E-state index in [0.717, 1.165) is 29.8 Å². The van der Waals surface area contributed by atoms with E-state index in [4.69, 9.17) is 0 Å². The summed E-state index contributed by atoms with van der Waals surface area (Å²) in [7, 11) is 0. The molecule has 0 aliphatic carbocycles. The van der Waals surface area contributed by atoms with Crippen molar-refractivity contribution in [1.29, 1.82) is 0 Å². The minimum absolute atomic E-state index is 0.0250. The number of carboxylic acid groups (broad SMARTS) is 1. The number of aromatic nitrogens is 3. The number of allylic oxidation sites excluding steroid dienone is 2. The van der Waals surface area contributed by atoms with Crippen LogP contribution in [-0.4, -0.2) is 31.6 Å². The van der Waals surface area contributed by atoms with E-state index in [1.165, 1.54) is 0 Å². The minimum Gasteiger partial charge on any atom is -0.478 e. The lowest BCUT2D eigenvalue weighted by Crippen LogP contribution is -2.06. The van der Waals surface area contributed by atoms with Gasteiger partial charge in [0.05, 0.1) is 12.1 Å². The Morgan fingerprint density at radius 3 is 2.52 bits per heavy atom. The van der Waals surface area contributed by atoms with Gasteiger partial charge in [-0.15, -0.1) is 5.10 Å². The molecule has 2 aromatic carbocycles. The van der Waals surface area contributed by atoms with E-state index in [1.54, 1.807) is 22.9 Å². The Bertz CT molecular complexity index is 1080. The van der Waals surface area contributed by atoms with Gasteiger partial charge in [-0.1, -0.05) is 68.0 Å². The number of rotatable bonds is 10. The minimum atomic E-state index is -0.947. The molecular weight excluding hydrogens is 390 g/mol. The maximum Gasteiger partial charge on any atom is 0.336 e. The first kappa shape index (κ1) is 22.2. The molecule has 0 bridgehead atoms. The Hall–Kier alpha value is -3.54. The number of aromatic carboxylic acids is 1. The van der Waals surface area contributed by atoms with E-state index in [9.17, 15) is 14.7 Å². The van der Waals surface area contributed by atoms with Crippen molar-refractivity contribution in [2.24, 2.45) is 0 Å². The molecule has 0 amide bonds. The van der Waals surface area contributed by atoms with Gasteiger partial charge in [0.2, 0.25) is 11.6 Å². The van der Waals surface area contributed by atoms with Crippen LogP contribution >= 0.6 is 0 Å². The molecule has 0 saturated carbocycles. The fourth-order valence-corrected chi connectivity index (χ4v) is 3.33. The zero-order chi connectivity index (χ0) is 22.2. The number of unbranched alkanes of at least 4 members (excludes halogenated alkanes) is 1. The summed E-state index contributed by atoms with van der Waals surface area (Å²) in [6.07, 6.45) is 6.70. The molecular formula is C25H27N3O3. The van der Waals surface area contributed by atoms with Crippen molar-refractivity contribution in [3.05, 3.63) is 83.5 Å². The summed E-state index contributed by atoms with van der Waals surface area (Å²) in [5.74, 6) is 0.0385. The fourth-order valence-electron chi connectivity index (χ4n) is 3.33. The van der Waals surface area contributed by atoms with Crippen LogP contribution in [0.3, 0.4) is 0 Å². The zero-order valence-electron chi connectivity index (χ0n) is 17.9. The summed E-state index contributed by atoms with van der Waals surface area (Å²) in [6.45, 7) is 4.55. The topological polar surface area (TPSA) is 85.1 Å². The monoisotopic (exact) mass is 417 g/mol. The maximum atomic E-state index is 12.4. The highest BCUT2D eigenvalue weighted by molar-refractivity contribution is 5.96. The molecule has 0 fully saturated rings. The van der Waals surface area contributed by atoms with Crippen LogP contribution in [0, 0.1) is 0 Å². The van der Waals surface area contributed by atoms with Crippen LogP contribution < -0.4 is 0 Å². The molecule has 6 nitrogen and oxygen atoms in total. The smallest absolute Gasteiger partial charge is 0.336 e. The van der Waals surface area contributed by atoms with Crippen LogP contribution in [0.1, 0.15) is 65.5 Å². The van der Waals surface area contributed by atoms with Gasteiger partial charge in [0.15, 0.2) is 0 Å². The van der Waals surface area contributed by atoms with E-state index >= 15 is 0 Å². The average Bonchev–Trinajstić information content (AvgIpc) is 3.19. The second-order valence-electron chi connectivity index (χ2n) is 7.35. The molecule has 0 spiro atoms. The molecule has 1 heterocycles. The number of benzene rings is 2. The normalized spacial score (nSPS) is 11.2. The number of carbonyl (C=O) groups is 2. The molecule has 3 aromatic rings. The molecule has 0 radical (unpaired) electrons. The third-order valence-corrected chi connectivity index (χ3v) is 5.05. The van der Waals surface area contributed by atoms with E-state index in [1.807, 2.05) is 49.4 Å². The Morgan fingerprint density at radius 1 is 1.10 bits per heavy atom. The zero-order valence-corrected chi connectivity index (χ0v) is 17.9. The number of carbonyl (C=O) groups excluding carboxylic acids is 1. The second-order valence-corrected chi connectivity index (χ2v) is 7.35. The standard InChI is InChI=1S/C25H27N3O3/c1-3-5-11-22(29)24-26-23(28(27-24)16-6-4-2)17-18-12-14-19(15-13-18)20-9-7-8-10-21(20)25(30)31/h4,6-10,12-15H,3,5,11,16-17H2,1-2H3,(H,30,31). The van der Waals surface area contributed by atoms with Gasteiger partial charge >= 0.3 is 5.97 Å². The van der Waals surface area contributed by atoms with Gasteiger partial charge in [-0.3, -0.25) is 4.79 Å². The molecule has 0 aliphatic heterocycles.